The highest BCUT2D eigenvalue weighted by atomic mass is 35.5. The summed E-state index contributed by atoms with van der Waals surface area (Å²) in [5.74, 6) is 0.753. The highest BCUT2D eigenvalue weighted by molar-refractivity contribution is 6.31. The van der Waals surface area contributed by atoms with E-state index in [1.54, 1.807) is 0 Å². The maximum atomic E-state index is 6.17. The molecule has 0 radical (unpaired) electrons. The highest BCUT2D eigenvalue weighted by Gasteiger charge is 2.06. The summed E-state index contributed by atoms with van der Waals surface area (Å²) in [6.07, 6.45) is 0. The smallest absolute Gasteiger partial charge is 0.136 e. The first-order valence-corrected chi connectivity index (χ1v) is 8.54. The van der Waals surface area contributed by atoms with Crippen molar-refractivity contribution < 1.29 is 4.42 Å². The average molecular weight is 366 g/mol. The molecule has 3 aromatic carbocycles. The summed E-state index contributed by atoms with van der Waals surface area (Å²) in [6.45, 7) is 0. The molecule has 4 aromatic rings. The number of nitrogens with zero attached hydrogens (tertiary/aromatic N) is 1. The summed E-state index contributed by atoms with van der Waals surface area (Å²) >= 11 is 12.1. The van der Waals surface area contributed by atoms with Crippen molar-refractivity contribution in [3.8, 4) is 11.3 Å². The Morgan fingerprint density at radius 2 is 1.44 bits per heavy atom. The molecule has 1 aromatic heterocycles. The first-order valence-electron chi connectivity index (χ1n) is 7.78. The van der Waals surface area contributed by atoms with Crippen LogP contribution in [0.3, 0.4) is 0 Å². The van der Waals surface area contributed by atoms with Gasteiger partial charge in [-0.1, -0.05) is 53.5 Å². The van der Waals surface area contributed by atoms with Gasteiger partial charge < -0.3 is 4.42 Å². The Hall–Kier alpha value is -2.55. The Kier molecular flexibility index (Phi) is 4.31. The molecule has 0 aliphatic rings. The molecule has 4 heteroatoms. The minimum Gasteiger partial charge on any atom is -0.456 e. The molecule has 2 nitrogen and oxygen atoms in total. The third-order valence-corrected chi connectivity index (χ3v) is 4.33. The van der Waals surface area contributed by atoms with Crippen molar-refractivity contribution in [3.05, 3.63) is 94.3 Å². The molecule has 0 aliphatic carbocycles. The van der Waals surface area contributed by atoms with Gasteiger partial charge in [0.2, 0.25) is 0 Å². The normalized spacial score (nSPS) is 11.8. The number of rotatable bonds is 2. The van der Waals surface area contributed by atoms with Crippen LogP contribution in [0.15, 0.2) is 88.3 Å². The van der Waals surface area contributed by atoms with E-state index in [0.717, 1.165) is 33.3 Å². The Morgan fingerprint density at radius 3 is 2.20 bits per heavy atom. The third kappa shape index (κ3) is 3.46. The van der Waals surface area contributed by atoms with Gasteiger partial charge >= 0.3 is 0 Å². The molecule has 0 saturated heterocycles. The molecule has 25 heavy (non-hydrogen) atoms. The van der Waals surface area contributed by atoms with Crippen molar-refractivity contribution >= 4 is 39.9 Å². The van der Waals surface area contributed by atoms with Gasteiger partial charge in [0.15, 0.2) is 0 Å². The maximum Gasteiger partial charge on any atom is 0.136 e. The Morgan fingerprint density at radius 1 is 0.720 bits per heavy atom. The predicted molar refractivity (Wildman–Crippen MR) is 103 cm³/mol. The molecule has 0 fully saturated rings. The number of halogens is 2. The van der Waals surface area contributed by atoms with Gasteiger partial charge in [0.25, 0.3) is 0 Å². The summed E-state index contributed by atoms with van der Waals surface area (Å²) < 4.78 is 6.06. The molecule has 0 atom stereocenters. The van der Waals surface area contributed by atoms with Crippen LogP contribution >= 0.6 is 23.2 Å². The van der Waals surface area contributed by atoms with Crippen LogP contribution in [-0.4, -0.2) is 0 Å². The Balaban J connectivity index is 2.00. The summed E-state index contributed by atoms with van der Waals surface area (Å²) in [5, 5.41) is 2.98. The van der Waals surface area contributed by atoms with Crippen molar-refractivity contribution in [1.82, 2.24) is 0 Å². The number of benzene rings is 3. The minimum absolute atomic E-state index is 0.641. The van der Waals surface area contributed by atoms with Gasteiger partial charge in [0, 0.05) is 27.1 Å². The van der Waals surface area contributed by atoms with Crippen molar-refractivity contribution in [2.75, 3.05) is 0 Å². The van der Waals surface area contributed by atoms with E-state index >= 15 is 0 Å². The van der Waals surface area contributed by atoms with Crippen LogP contribution < -0.4 is 5.36 Å². The van der Waals surface area contributed by atoms with E-state index in [1.807, 2.05) is 78.9 Å². The lowest BCUT2D eigenvalue weighted by atomic mass is 10.1. The molecule has 0 unspecified atom stereocenters. The lowest BCUT2D eigenvalue weighted by molar-refractivity contribution is 0.618. The molecule has 0 bridgehead atoms. The zero-order chi connectivity index (χ0) is 17.2. The van der Waals surface area contributed by atoms with Crippen molar-refractivity contribution in [2.45, 2.75) is 0 Å². The zero-order valence-electron chi connectivity index (χ0n) is 13.1. The predicted octanol–water partition coefficient (Wildman–Crippen LogP) is 6.64. The van der Waals surface area contributed by atoms with Gasteiger partial charge in [-0.05, 0) is 42.5 Å². The van der Waals surface area contributed by atoms with Crippen LogP contribution in [0.2, 0.25) is 10.0 Å². The van der Waals surface area contributed by atoms with Gasteiger partial charge in [0.1, 0.15) is 11.3 Å². The fourth-order valence-corrected chi connectivity index (χ4v) is 2.93. The van der Waals surface area contributed by atoms with Crippen LogP contribution in [-0.2, 0) is 0 Å². The van der Waals surface area contributed by atoms with Crippen molar-refractivity contribution in [1.29, 1.82) is 0 Å². The lowest BCUT2D eigenvalue weighted by Gasteiger charge is -2.05. The summed E-state index contributed by atoms with van der Waals surface area (Å²) in [4.78, 5) is 4.76. The van der Waals surface area contributed by atoms with Crippen molar-refractivity contribution in [2.24, 2.45) is 4.99 Å². The molecule has 0 N–H and O–H groups in total. The number of fused-ring (bicyclic) bond motifs is 1. The van der Waals surface area contributed by atoms with Gasteiger partial charge in [-0.25, -0.2) is 4.99 Å². The standard InChI is InChI=1S/C21H13Cl2NO/c22-15-6-9-17(10-7-15)24-19-13-21(14-4-2-1-3-5-14)25-20-11-8-16(23)12-18(19)20/h1-13H. The first-order chi connectivity index (χ1) is 12.2. The van der Waals surface area contributed by atoms with Crippen LogP contribution in [0.4, 0.5) is 5.69 Å². The molecule has 0 saturated carbocycles. The average Bonchev–Trinajstić information content (AvgIpc) is 2.64. The first kappa shape index (κ1) is 15.9. The van der Waals surface area contributed by atoms with E-state index in [9.17, 15) is 0 Å². The zero-order valence-corrected chi connectivity index (χ0v) is 14.6. The fourth-order valence-electron chi connectivity index (χ4n) is 2.63. The van der Waals surface area contributed by atoms with E-state index in [2.05, 4.69) is 0 Å². The van der Waals surface area contributed by atoms with Crippen LogP contribution in [0.5, 0.6) is 0 Å². The molecule has 0 aliphatic heterocycles. The van der Waals surface area contributed by atoms with Crippen molar-refractivity contribution in [3.63, 3.8) is 0 Å². The molecule has 1 heterocycles. The van der Waals surface area contributed by atoms with Gasteiger partial charge in [-0.2, -0.15) is 0 Å². The summed E-state index contributed by atoms with van der Waals surface area (Å²) in [5.41, 5.74) is 2.54. The molecular formula is C21H13Cl2NO. The Bertz CT molecular complexity index is 1100. The SMILES string of the molecule is Clc1ccc(N=c2cc(-c3ccccc3)oc3ccc(Cl)cc23)cc1. The minimum atomic E-state index is 0.641. The maximum absolute atomic E-state index is 6.17. The number of hydrogen-bond acceptors (Lipinski definition) is 2. The molecule has 4 rings (SSSR count). The molecular weight excluding hydrogens is 353 g/mol. The van der Waals surface area contributed by atoms with Crippen LogP contribution in [0, 0.1) is 0 Å². The second-order valence-corrected chi connectivity index (χ2v) is 6.46. The second-order valence-electron chi connectivity index (χ2n) is 5.59. The van der Waals surface area contributed by atoms with E-state index in [1.165, 1.54) is 0 Å². The third-order valence-electron chi connectivity index (χ3n) is 3.84. The topological polar surface area (TPSA) is 25.5 Å². The van der Waals surface area contributed by atoms with Gasteiger partial charge in [-0.3, -0.25) is 0 Å². The largest absolute Gasteiger partial charge is 0.456 e. The van der Waals surface area contributed by atoms with Gasteiger partial charge in [0.05, 0.1) is 11.0 Å². The quantitative estimate of drug-likeness (QED) is 0.390. The second kappa shape index (κ2) is 6.75. The molecule has 122 valence electrons. The van der Waals surface area contributed by atoms with E-state index in [4.69, 9.17) is 32.6 Å². The summed E-state index contributed by atoms with van der Waals surface area (Å²) in [6, 6.07) is 24.8. The Labute approximate surface area is 155 Å². The van der Waals surface area contributed by atoms with E-state index in [-0.39, 0.29) is 0 Å². The number of hydrogen-bond donors (Lipinski definition) is 0. The van der Waals surface area contributed by atoms with E-state index in [0.29, 0.717) is 10.0 Å². The summed E-state index contributed by atoms with van der Waals surface area (Å²) in [7, 11) is 0. The monoisotopic (exact) mass is 365 g/mol. The molecule has 0 spiro atoms. The highest BCUT2D eigenvalue weighted by Crippen LogP contribution is 2.24. The van der Waals surface area contributed by atoms with E-state index < -0.39 is 0 Å². The fraction of sp³-hybridized carbons (Fsp3) is 0. The van der Waals surface area contributed by atoms with Crippen LogP contribution in [0.1, 0.15) is 0 Å². The molecule has 0 amide bonds. The lowest BCUT2D eigenvalue weighted by Crippen LogP contribution is -2.03. The van der Waals surface area contributed by atoms with Crippen LogP contribution in [0.25, 0.3) is 22.3 Å². The van der Waals surface area contributed by atoms with Gasteiger partial charge in [-0.15, -0.1) is 0 Å².